The Morgan fingerprint density at radius 1 is 1.28 bits per heavy atom. The second-order valence-corrected chi connectivity index (χ2v) is 7.23. The van der Waals surface area contributed by atoms with Gasteiger partial charge in [0.25, 0.3) is 0 Å². The number of rotatable bonds is 5. The van der Waals surface area contributed by atoms with Gasteiger partial charge < -0.3 is 14.7 Å². The van der Waals surface area contributed by atoms with Crippen LogP contribution in [0.3, 0.4) is 0 Å². The molecule has 10 heteroatoms. The van der Waals surface area contributed by atoms with Gasteiger partial charge in [-0.2, -0.15) is 4.98 Å². The standard InChI is InChI=1S/C22H24N8O2/c1-3-18(19-8-9-23-13-25-19)27-22(29(2)15-31)30-11-10-24-20(12-30)16-4-6-17(7-5-16)21-26-14-32-28-21/h3-9,13-15,20,24H,10-12H2,1-2H3/b18-3-,27-22+. The van der Waals surface area contributed by atoms with Crippen LogP contribution in [0.2, 0.25) is 0 Å². The number of guanidine groups is 1. The Balaban J connectivity index is 1.57. The molecule has 1 N–H and O–H groups in total. The minimum Gasteiger partial charge on any atom is -0.342 e. The van der Waals surface area contributed by atoms with Gasteiger partial charge in [-0.1, -0.05) is 35.5 Å². The molecule has 32 heavy (non-hydrogen) atoms. The number of nitrogens with one attached hydrogen (secondary N) is 1. The predicted octanol–water partition coefficient (Wildman–Crippen LogP) is 1.98. The number of hydrogen-bond acceptors (Lipinski definition) is 8. The largest absolute Gasteiger partial charge is 0.342 e. The smallest absolute Gasteiger partial charge is 0.216 e. The molecule has 1 saturated heterocycles. The molecule has 0 radical (unpaired) electrons. The predicted molar refractivity (Wildman–Crippen MR) is 119 cm³/mol. The number of aliphatic imine (C=N–C) groups is 1. The normalized spacial score (nSPS) is 17.3. The topological polar surface area (TPSA) is 113 Å². The maximum absolute atomic E-state index is 11.6. The van der Waals surface area contributed by atoms with Crippen LogP contribution < -0.4 is 5.32 Å². The Hall–Kier alpha value is -3.92. The van der Waals surface area contributed by atoms with Crippen molar-refractivity contribution in [1.82, 2.24) is 35.2 Å². The van der Waals surface area contributed by atoms with Crippen LogP contribution in [0.15, 0.2) is 64.8 Å². The van der Waals surface area contributed by atoms with E-state index in [4.69, 9.17) is 9.52 Å². The minimum absolute atomic E-state index is 0.0708. The summed E-state index contributed by atoms with van der Waals surface area (Å²) in [5.41, 5.74) is 3.39. The van der Waals surface area contributed by atoms with Gasteiger partial charge in [-0.3, -0.25) is 9.69 Å². The SMILES string of the molecule is C/C=C(\N=C(/N(C)C=O)N1CCNC(c2ccc(-c3ncon3)cc2)C1)c1ccncn1. The second-order valence-electron chi connectivity index (χ2n) is 7.23. The molecule has 0 spiro atoms. The van der Waals surface area contributed by atoms with Crippen molar-refractivity contribution in [3.63, 3.8) is 0 Å². The molecule has 2 aromatic heterocycles. The van der Waals surface area contributed by atoms with E-state index in [1.807, 2.05) is 37.3 Å². The quantitative estimate of drug-likeness (QED) is 0.370. The zero-order valence-electron chi connectivity index (χ0n) is 17.9. The first-order chi connectivity index (χ1) is 15.7. The molecule has 1 amide bonds. The maximum atomic E-state index is 11.6. The van der Waals surface area contributed by atoms with Gasteiger partial charge in [0.05, 0.1) is 11.4 Å². The first-order valence-corrected chi connectivity index (χ1v) is 10.2. The van der Waals surface area contributed by atoms with Crippen LogP contribution in [0.25, 0.3) is 17.1 Å². The van der Waals surface area contributed by atoms with Gasteiger partial charge in [-0.25, -0.2) is 15.0 Å². The van der Waals surface area contributed by atoms with Crippen LogP contribution in [0.5, 0.6) is 0 Å². The van der Waals surface area contributed by atoms with Crippen LogP contribution in [-0.4, -0.2) is 69.0 Å². The van der Waals surface area contributed by atoms with Gasteiger partial charge in [-0.15, -0.1) is 0 Å². The number of allylic oxidation sites excluding steroid dienone is 1. The van der Waals surface area contributed by atoms with E-state index in [9.17, 15) is 4.79 Å². The highest BCUT2D eigenvalue weighted by Crippen LogP contribution is 2.23. The molecule has 10 nitrogen and oxygen atoms in total. The average Bonchev–Trinajstić information content (AvgIpc) is 3.40. The van der Waals surface area contributed by atoms with Gasteiger partial charge in [0.15, 0.2) is 0 Å². The molecule has 3 heterocycles. The number of piperazine rings is 1. The van der Waals surface area contributed by atoms with Crippen molar-refractivity contribution in [1.29, 1.82) is 0 Å². The number of aromatic nitrogens is 4. The van der Waals surface area contributed by atoms with Gasteiger partial charge in [-0.05, 0) is 18.6 Å². The van der Waals surface area contributed by atoms with E-state index in [0.29, 0.717) is 29.7 Å². The van der Waals surface area contributed by atoms with Crippen molar-refractivity contribution in [2.45, 2.75) is 13.0 Å². The highest BCUT2D eigenvalue weighted by atomic mass is 16.5. The Morgan fingerprint density at radius 2 is 2.12 bits per heavy atom. The van der Waals surface area contributed by atoms with E-state index in [2.05, 4.69) is 30.3 Å². The number of carbonyl (C=O) groups excluding carboxylic acids is 1. The molecule has 0 saturated carbocycles. The molecule has 4 rings (SSSR count). The number of carbonyl (C=O) groups is 1. The van der Waals surface area contributed by atoms with Crippen LogP contribution in [-0.2, 0) is 4.79 Å². The van der Waals surface area contributed by atoms with E-state index < -0.39 is 0 Å². The fraction of sp³-hybridized carbons (Fsp3) is 0.273. The Kier molecular flexibility index (Phi) is 6.61. The number of nitrogens with zero attached hydrogens (tertiary/aromatic N) is 7. The third-order valence-electron chi connectivity index (χ3n) is 5.20. The first-order valence-electron chi connectivity index (χ1n) is 10.2. The summed E-state index contributed by atoms with van der Waals surface area (Å²) in [5.74, 6) is 1.13. The monoisotopic (exact) mass is 432 g/mol. The molecule has 164 valence electrons. The lowest BCUT2D eigenvalue weighted by atomic mass is 10.0. The van der Waals surface area contributed by atoms with Crippen molar-refractivity contribution in [3.05, 3.63) is 66.6 Å². The molecule has 0 bridgehead atoms. The summed E-state index contributed by atoms with van der Waals surface area (Å²) in [6.45, 7) is 4.02. The zero-order valence-corrected chi connectivity index (χ0v) is 17.9. The Morgan fingerprint density at radius 3 is 2.78 bits per heavy atom. The summed E-state index contributed by atoms with van der Waals surface area (Å²) in [4.78, 5) is 32.4. The van der Waals surface area contributed by atoms with Crippen molar-refractivity contribution in [2.24, 2.45) is 4.99 Å². The molecule has 1 fully saturated rings. The molecule has 1 aromatic carbocycles. The van der Waals surface area contributed by atoms with E-state index in [-0.39, 0.29) is 6.04 Å². The lowest BCUT2D eigenvalue weighted by Crippen LogP contribution is -2.52. The molecule has 1 atom stereocenters. The molecule has 1 aliphatic rings. The Bertz CT molecular complexity index is 1080. The van der Waals surface area contributed by atoms with Crippen molar-refractivity contribution >= 4 is 18.1 Å². The summed E-state index contributed by atoms with van der Waals surface area (Å²) >= 11 is 0. The van der Waals surface area contributed by atoms with E-state index in [0.717, 1.165) is 30.6 Å². The highest BCUT2D eigenvalue weighted by Gasteiger charge is 2.25. The third-order valence-corrected chi connectivity index (χ3v) is 5.20. The van der Waals surface area contributed by atoms with Gasteiger partial charge in [0.2, 0.25) is 24.6 Å². The fourth-order valence-electron chi connectivity index (χ4n) is 3.56. The summed E-state index contributed by atoms with van der Waals surface area (Å²) in [6, 6.07) is 9.90. The third kappa shape index (κ3) is 4.70. The summed E-state index contributed by atoms with van der Waals surface area (Å²) in [5, 5.41) is 7.42. The van der Waals surface area contributed by atoms with E-state index in [1.54, 1.807) is 19.3 Å². The van der Waals surface area contributed by atoms with E-state index >= 15 is 0 Å². The fourth-order valence-corrected chi connectivity index (χ4v) is 3.56. The lowest BCUT2D eigenvalue weighted by Gasteiger charge is -2.37. The zero-order chi connectivity index (χ0) is 22.3. The average molecular weight is 432 g/mol. The van der Waals surface area contributed by atoms with Gasteiger partial charge >= 0.3 is 0 Å². The molecular weight excluding hydrogens is 408 g/mol. The van der Waals surface area contributed by atoms with Crippen LogP contribution in [0.4, 0.5) is 0 Å². The van der Waals surface area contributed by atoms with Crippen molar-refractivity contribution in [2.75, 3.05) is 26.7 Å². The van der Waals surface area contributed by atoms with Crippen LogP contribution >= 0.6 is 0 Å². The van der Waals surface area contributed by atoms with Crippen LogP contribution in [0.1, 0.15) is 24.2 Å². The Labute approximate surface area is 185 Å². The summed E-state index contributed by atoms with van der Waals surface area (Å²) in [6.07, 6.45) is 7.11. The lowest BCUT2D eigenvalue weighted by molar-refractivity contribution is -0.114. The second kappa shape index (κ2) is 9.92. The van der Waals surface area contributed by atoms with Gasteiger partial charge in [0.1, 0.15) is 6.33 Å². The first kappa shape index (κ1) is 21.3. The summed E-state index contributed by atoms with van der Waals surface area (Å²) in [7, 11) is 1.70. The van der Waals surface area contributed by atoms with Gasteiger partial charge in [0, 0.05) is 44.5 Å². The number of amides is 1. The molecule has 1 unspecified atom stereocenters. The summed E-state index contributed by atoms with van der Waals surface area (Å²) < 4.78 is 4.82. The number of hydrogen-bond donors (Lipinski definition) is 1. The molecular formula is C22H24N8O2. The van der Waals surface area contributed by atoms with E-state index in [1.165, 1.54) is 17.6 Å². The van der Waals surface area contributed by atoms with Crippen LogP contribution in [0, 0.1) is 0 Å². The minimum atomic E-state index is 0.0708. The molecule has 3 aromatic rings. The number of benzene rings is 1. The maximum Gasteiger partial charge on any atom is 0.216 e. The molecule has 1 aliphatic heterocycles. The van der Waals surface area contributed by atoms with Crippen molar-refractivity contribution < 1.29 is 9.32 Å². The molecule has 0 aliphatic carbocycles. The van der Waals surface area contributed by atoms with Crippen molar-refractivity contribution in [3.8, 4) is 11.4 Å². The highest BCUT2D eigenvalue weighted by molar-refractivity contribution is 5.92.